The first kappa shape index (κ1) is 24.3. The van der Waals surface area contributed by atoms with E-state index in [0.29, 0.717) is 40.4 Å². The number of rotatable bonds is 6. The van der Waals surface area contributed by atoms with E-state index in [1.54, 1.807) is 35.9 Å². The van der Waals surface area contributed by atoms with Gasteiger partial charge in [0.1, 0.15) is 6.54 Å². The molecule has 4 aromatic rings. The Labute approximate surface area is 212 Å². The number of carbonyl (C=O) groups excluding carboxylic acids is 1. The van der Waals surface area contributed by atoms with Crippen molar-refractivity contribution in [2.45, 2.75) is 26.4 Å². The van der Waals surface area contributed by atoms with Crippen molar-refractivity contribution in [1.82, 2.24) is 34.3 Å². The average Bonchev–Trinajstić information content (AvgIpc) is 3.43. The predicted octanol–water partition coefficient (Wildman–Crippen LogP) is 4.08. The molecule has 8 nitrogen and oxygen atoms in total. The summed E-state index contributed by atoms with van der Waals surface area (Å²) >= 11 is 5.97. The average molecular weight is 514 g/mol. The molecule has 0 saturated carbocycles. The van der Waals surface area contributed by atoms with Crippen molar-refractivity contribution in [3.63, 3.8) is 0 Å². The fourth-order valence-electron chi connectivity index (χ4n) is 4.60. The molecule has 36 heavy (non-hydrogen) atoms. The number of amides is 1. The predicted molar refractivity (Wildman–Crippen MR) is 133 cm³/mol. The van der Waals surface area contributed by atoms with E-state index in [-0.39, 0.29) is 23.7 Å². The van der Waals surface area contributed by atoms with Crippen LogP contribution in [-0.4, -0.2) is 66.4 Å². The minimum Gasteiger partial charge on any atom is -0.339 e. The third kappa shape index (κ3) is 4.96. The summed E-state index contributed by atoms with van der Waals surface area (Å²) in [6.07, 6.45) is 0.587. The fourth-order valence-corrected chi connectivity index (χ4v) is 4.73. The highest BCUT2D eigenvalue weighted by Crippen LogP contribution is 2.33. The van der Waals surface area contributed by atoms with Gasteiger partial charge in [-0.2, -0.15) is 10.2 Å². The lowest BCUT2D eigenvalue weighted by molar-refractivity contribution is -0.133. The Morgan fingerprint density at radius 3 is 2.50 bits per heavy atom. The number of fused-ring (bicyclic) bond motifs is 1. The third-order valence-corrected chi connectivity index (χ3v) is 6.73. The summed E-state index contributed by atoms with van der Waals surface area (Å²) in [5.74, 6) is -0.113. The molecule has 1 fully saturated rings. The number of hydrogen-bond donors (Lipinski definition) is 0. The number of alkyl halides is 2. The van der Waals surface area contributed by atoms with E-state index < -0.39 is 6.43 Å². The van der Waals surface area contributed by atoms with Crippen LogP contribution >= 0.6 is 11.6 Å². The number of hydrogen-bond acceptors (Lipinski definition) is 5. The first-order chi connectivity index (χ1) is 17.3. The van der Waals surface area contributed by atoms with Gasteiger partial charge in [0.05, 0.1) is 23.0 Å². The topological polar surface area (TPSA) is 72.1 Å². The third-order valence-electron chi connectivity index (χ3n) is 6.47. The fraction of sp³-hybridized carbons (Fsp3) is 0.360. The Kier molecular flexibility index (Phi) is 6.72. The molecule has 1 saturated heterocycles. The van der Waals surface area contributed by atoms with Crippen LogP contribution in [0.25, 0.3) is 22.3 Å². The quantitative estimate of drug-likeness (QED) is 0.388. The van der Waals surface area contributed by atoms with Gasteiger partial charge in [-0.3, -0.25) is 14.4 Å². The number of benzene rings is 1. The Bertz CT molecular complexity index is 1390. The maximum atomic E-state index is 14.0. The van der Waals surface area contributed by atoms with Crippen molar-refractivity contribution < 1.29 is 13.6 Å². The molecule has 5 rings (SSSR count). The van der Waals surface area contributed by atoms with Gasteiger partial charge < -0.3 is 4.90 Å². The van der Waals surface area contributed by atoms with Crippen molar-refractivity contribution in [3.8, 4) is 11.3 Å². The molecule has 0 unspecified atom stereocenters. The van der Waals surface area contributed by atoms with Crippen LogP contribution in [0.4, 0.5) is 8.78 Å². The van der Waals surface area contributed by atoms with Crippen molar-refractivity contribution in [2.24, 2.45) is 7.05 Å². The van der Waals surface area contributed by atoms with E-state index >= 15 is 0 Å². The zero-order chi connectivity index (χ0) is 25.4. The summed E-state index contributed by atoms with van der Waals surface area (Å²) in [7, 11) is 1.75. The van der Waals surface area contributed by atoms with Crippen molar-refractivity contribution in [3.05, 3.63) is 64.6 Å². The van der Waals surface area contributed by atoms with Gasteiger partial charge in [0, 0.05) is 62.1 Å². The van der Waals surface area contributed by atoms with Crippen LogP contribution in [0.15, 0.2) is 42.7 Å². The molecule has 11 heteroatoms. The summed E-state index contributed by atoms with van der Waals surface area (Å²) in [4.78, 5) is 21.8. The van der Waals surface area contributed by atoms with E-state index in [1.807, 2.05) is 24.3 Å². The van der Waals surface area contributed by atoms with Gasteiger partial charge in [0.25, 0.3) is 6.43 Å². The van der Waals surface area contributed by atoms with Crippen molar-refractivity contribution in [1.29, 1.82) is 0 Å². The normalized spacial score (nSPS) is 14.8. The largest absolute Gasteiger partial charge is 0.339 e. The highest BCUT2D eigenvalue weighted by molar-refractivity contribution is 6.30. The van der Waals surface area contributed by atoms with Crippen LogP contribution in [0, 0.1) is 6.92 Å². The minimum atomic E-state index is -2.70. The standard InChI is InChI=1S/C25H26ClF2N7O/c1-16-23-20(24(27)28)11-21(18-12-29-32(2)14-18)30-25(23)35(31-16)15-22(36)34-9-7-33(8-10-34)13-17-3-5-19(26)6-4-17/h3-6,11-12,14,24H,7-10,13,15H2,1-2H3. The maximum absolute atomic E-state index is 14.0. The lowest BCUT2D eigenvalue weighted by Crippen LogP contribution is -2.49. The Morgan fingerprint density at radius 2 is 1.86 bits per heavy atom. The van der Waals surface area contributed by atoms with Crippen molar-refractivity contribution >= 4 is 28.5 Å². The molecule has 4 heterocycles. The number of aromatic nitrogens is 5. The second kappa shape index (κ2) is 9.94. The van der Waals surface area contributed by atoms with Crippen LogP contribution in [-0.2, 0) is 24.9 Å². The summed E-state index contributed by atoms with van der Waals surface area (Å²) in [5, 5.41) is 9.53. The van der Waals surface area contributed by atoms with E-state index in [9.17, 15) is 13.6 Å². The van der Waals surface area contributed by atoms with E-state index in [0.717, 1.165) is 19.6 Å². The molecule has 188 valence electrons. The zero-order valence-electron chi connectivity index (χ0n) is 20.0. The number of pyridine rings is 1. The van der Waals surface area contributed by atoms with Gasteiger partial charge in [0.15, 0.2) is 5.65 Å². The van der Waals surface area contributed by atoms with Gasteiger partial charge in [-0.15, -0.1) is 0 Å². The first-order valence-electron chi connectivity index (χ1n) is 11.7. The van der Waals surface area contributed by atoms with E-state index in [1.165, 1.54) is 16.3 Å². The number of aryl methyl sites for hydroxylation is 2. The van der Waals surface area contributed by atoms with Gasteiger partial charge in [-0.25, -0.2) is 18.4 Å². The van der Waals surface area contributed by atoms with Crippen molar-refractivity contribution in [2.75, 3.05) is 26.2 Å². The zero-order valence-corrected chi connectivity index (χ0v) is 20.8. The van der Waals surface area contributed by atoms with E-state index in [4.69, 9.17) is 11.6 Å². The molecule has 1 aliphatic heterocycles. The van der Waals surface area contributed by atoms with E-state index in [2.05, 4.69) is 20.1 Å². The lowest BCUT2D eigenvalue weighted by atomic mass is 10.1. The number of halogens is 3. The second-order valence-electron chi connectivity index (χ2n) is 9.03. The SMILES string of the molecule is Cc1nn(CC(=O)N2CCN(Cc3ccc(Cl)cc3)CC2)c2nc(-c3cnn(C)c3)cc(C(F)F)c12. The summed E-state index contributed by atoms with van der Waals surface area (Å²) in [6, 6.07) is 9.14. The monoisotopic (exact) mass is 513 g/mol. The maximum Gasteiger partial charge on any atom is 0.264 e. The first-order valence-corrected chi connectivity index (χ1v) is 12.1. The Balaban J connectivity index is 1.33. The molecular formula is C25H26ClF2N7O. The number of piperazine rings is 1. The van der Waals surface area contributed by atoms with Gasteiger partial charge in [-0.1, -0.05) is 23.7 Å². The molecular weight excluding hydrogens is 488 g/mol. The van der Waals surface area contributed by atoms with Gasteiger partial charge in [-0.05, 0) is 30.7 Å². The van der Waals surface area contributed by atoms with Crippen LogP contribution in [0.5, 0.6) is 0 Å². The highest BCUT2D eigenvalue weighted by Gasteiger charge is 2.25. The van der Waals surface area contributed by atoms with Crippen LogP contribution in [0.1, 0.15) is 23.2 Å². The molecule has 0 bridgehead atoms. The Hall–Kier alpha value is -3.37. The smallest absolute Gasteiger partial charge is 0.264 e. The van der Waals surface area contributed by atoms with Crippen LogP contribution in [0.3, 0.4) is 0 Å². The molecule has 0 atom stereocenters. The molecule has 0 radical (unpaired) electrons. The number of carbonyl (C=O) groups is 1. The van der Waals surface area contributed by atoms with Crippen LogP contribution < -0.4 is 0 Å². The molecule has 0 spiro atoms. The highest BCUT2D eigenvalue weighted by atomic mass is 35.5. The molecule has 1 amide bonds. The lowest BCUT2D eigenvalue weighted by Gasteiger charge is -2.34. The van der Waals surface area contributed by atoms with Gasteiger partial charge in [0.2, 0.25) is 5.91 Å². The summed E-state index contributed by atoms with van der Waals surface area (Å²) in [6.45, 7) is 5.05. The second-order valence-corrected chi connectivity index (χ2v) is 9.46. The molecule has 0 aliphatic carbocycles. The summed E-state index contributed by atoms with van der Waals surface area (Å²) < 4.78 is 31.0. The molecule has 1 aliphatic rings. The van der Waals surface area contributed by atoms with Gasteiger partial charge >= 0.3 is 0 Å². The van der Waals surface area contributed by atoms with Crippen LogP contribution in [0.2, 0.25) is 5.02 Å². The molecule has 3 aromatic heterocycles. The summed E-state index contributed by atoms with van der Waals surface area (Å²) in [5.41, 5.74) is 2.71. The number of nitrogens with zero attached hydrogens (tertiary/aromatic N) is 7. The molecule has 0 N–H and O–H groups in total. The minimum absolute atomic E-state index is 0.0618. The molecule has 1 aromatic carbocycles. The Morgan fingerprint density at radius 1 is 1.14 bits per heavy atom.